The second-order valence-electron chi connectivity index (χ2n) is 3.28. The highest BCUT2D eigenvalue weighted by atomic mass is 32.1. The van der Waals surface area contributed by atoms with Crippen LogP contribution in [-0.4, -0.2) is 21.5 Å². The molecule has 2 rings (SSSR count). The van der Waals surface area contributed by atoms with Crippen LogP contribution in [-0.2, 0) is 13.0 Å². The minimum atomic E-state index is 0.919. The quantitative estimate of drug-likeness (QED) is 0.730. The highest BCUT2D eigenvalue weighted by molar-refractivity contribution is 7.09. The second-order valence-corrected chi connectivity index (χ2v) is 4.25. The van der Waals surface area contributed by atoms with Gasteiger partial charge in [0.05, 0.1) is 5.51 Å². The molecule has 0 aromatic carbocycles. The molecule has 0 amide bonds. The third-order valence-corrected chi connectivity index (χ3v) is 2.88. The Morgan fingerprint density at radius 3 is 3.20 bits per heavy atom. The molecule has 0 unspecified atom stereocenters. The molecule has 2 aromatic heterocycles. The van der Waals surface area contributed by atoms with Gasteiger partial charge in [-0.05, 0) is 13.0 Å². The Labute approximate surface area is 92.8 Å². The fraction of sp³-hybridized carbons (Fsp3) is 0.400. The highest BCUT2D eigenvalue weighted by Crippen LogP contribution is 2.04. The summed E-state index contributed by atoms with van der Waals surface area (Å²) < 4.78 is 0. The van der Waals surface area contributed by atoms with E-state index in [0.29, 0.717) is 0 Å². The lowest BCUT2D eigenvalue weighted by molar-refractivity contribution is 0.645. The first-order valence-corrected chi connectivity index (χ1v) is 5.89. The monoisotopic (exact) mass is 222 g/mol. The van der Waals surface area contributed by atoms with Gasteiger partial charge >= 0.3 is 0 Å². The lowest BCUT2D eigenvalue weighted by Crippen LogP contribution is -2.14. The van der Waals surface area contributed by atoms with Crippen molar-refractivity contribution in [2.45, 2.75) is 19.4 Å². The molecule has 0 aliphatic carbocycles. The molecular formula is C10H14N4S. The molecular weight excluding hydrogens is 208 g/mol. The van der Waals surface area contributed by atoms with E-state index in [9.17, 15) is 0 Å². The Balaban J connectivity index is 1.56. The Morgan fingerprint density at radius 1 is 1.47 bits per heavy atom. The van der Waals surface area contributed by atoms with Crippen molar-refractivity contribution in [1.82, 2.24) is 20.3 Å². The van der Waals surface area contributed by atoms with E-state index >= 15 is 0 Å². The SMILES string of the molecule is c1c[nH]c(CCCNCc2cncs2)n1. The molecule has 2 heterocycles. The van der Waals surface area contributed by atoms with Crippen LogP contribution in [0.2, 0.25) is 0 Å². The summed E-state index contributed by atoms with van der Waals surface area (Å²) in [5, 5.41) is 3.38. The topological polar surface area (TPSA) is 53.6 Å². The number of thiazole rings is 1. The summed E-state index contributed by atoms with van der Waals surface area (Å²) in [6.07, 6.45) is 7.67. The third-order valence-electron chi connectivity index (χ3n) is 2.10. The first kappa shape index (κ1) is 10.3. The van der Waals surface area contributed by atoms with Crippen molar-refractivity contribution in [3.05, 3.63) is 34.8 Å². The van der Waals surface area contributed by atoms with Crippen LogP contribution in [0, 0.1) is 0 Å². The normalized spacial score (nSPS) is 10.7. The molecule has 0 radical (unpaired) electrons. The maximum absolute atomic E-state index is 4.17. The number of aromatic amines is 1. The van der Waals surface area contributed by atoms with Gasteiger partial charge in [-0.2, -0.15) is 0 Å². The Bertz CT molecular complexity index is 318. The second kappa shape index (κ2) is 5.63. The molecule has 0 atom stereocenters. The molecule has 2 N–H and O–H groups in total. The van der Waals surface area contributed by atoms with E-state index in [0.717, 1.165) is 31.8 Å². The number of hydrogen-bond acceptors (Lipinski definition) is 4. The molecule has 0 aliphatic rings. The van der Waals surface area contributed by atoms with Crippen LogP contribution in [0.15, 0.2) is 24.1 Å². The van der Waals surface area contributed by atoms with Crippen LogP contribution < -0.4 is 5.32 Å². The predicted molar refractivity (Wildman–Crippen MR) is 60.7 cm³/mol. The largest absolute Gasteiger partial charge is 0.349 e. The maximum atomic E-state index is 4.17. The van der Waals surface area contributed by atoms with E-state index in [1.165, 1.54) is 4.88 Å². The smallest absolute Gasteiger partial charge is 0.106 e. The lowest BCUT2D eigenvalue weighted by Gasteiger charge is -2.01. The molecule has 0 bridgehead atoms. The van der Waals surface area contributed by atoms with Gasteiger partial charge in [-0.15, -0.1) is 11.3 Å². The van der Waals surface area contributed by atoms with Crippen LogP contribution in [0.25, 0.3) is 0 Å². The first-order chi connectivity index (χ1) is 7.45. The number of nitrogens with zero attached hydrogens (tertiary/aromatic N) is 2. The van der Waals surface area contributed by atoms with E-state index in [-0.39, 0.29) is 0 Å². The number of H-pyrrole nitrogens is 1. The number of aromatic nitrogens is 3. The van der Waals surface area contributed by atoms with Crippen molar-refractivity contribution < 1.29 is 0 Å². The highest BCUT2D eigenvalue weighted by Gasteiger charge is 1.96. The van der Waals surface area contributed by atoms with Gasteiger partial charge < -0.3 is 10.3 Å². The summed E-state index contributed by atoms with van der Waals surface area (Å²) in [6.45, 7) is 1.93. The van der Waals surface area contributed by atoms with Crippen molar-refractivity contribution >= 4 is 11.3 Å². The van der Waals surface area contributed by atoms with Gasteiger partial charge in [0.2, 0.25) is 0 Å². The van der Waals surface area contributed by atoms with Crippen LogP contribution in [0.5, 0.6) is 0 Å². The van der Waals surface area contributed by atoms with Crippen LogP contribution in [0.4, 0.5) is 0 Å². The third kappa shape index (κ3) is 3.45. The molecule has 15 heavy (non-hydrogen) atoms. The average molecular weight is 222 g/mol. The van der Waals surface area contributed by atoms with Crippen LogP contribution in [0.1, 0.15) is 17.1 Å². The zero-order valence-corrected chi connectivity index (χ0v) is 9.26. The maximum Gasteiger partial charge on any atom is 0.106 e. The molecule has 4 nitrogen and oxygen atoms in total. The first-order valence-electron chi connectivity index (χ1n) is 5.01. The van der Waals surface area contributed by atoms with E-state index < -0.39 is 0 Å². The van der Waals surface area contributed by atoms with E-state index in [4.69, 9.17) is 0 Å². The Kier molecular flexibility index (Phi) is 3.87. The van der Waals surface area contributed by atoms with Crippen molar-refractivity contribution in [1.29, 1.82) is 0 Å². The summed E-state index contributed by atoms with van der Waals surface area (Å²) in [7, 11) is 0. The Morgan fingerprint density at radius 2 is 2.47 bits per heavy atom. The fourth-order valence-electron chi connectivity index (χ4n) is 1.36. The van der Waals surface area contributed by atoms with Gasteiger partial charge in [0.25, 0.3) is 0 Å². The summed E-state index contributed by atoms with van der Waals surface area (Å²) in [6, 6.07) is 0. The zero-order valence-electron chi connectivity index (χ0n) is 8.44. The van der Waals surface area contributed by atoms with Crippen molar-refractivity contribution in [3.63, 3.8) is 0 Å². The zero-order chi connectivity index (χ0) is 10.3. The van der Waals surface area contributed by atoms with E-state index in [1.54, 1.807) is 17.5 Å². The van der Waals surface area contributed by atoms with E-state index in [1.807, 2.05) is 17.9 Å². The molecule has 2 aromatic rings. The van der Waals surface area contributed by atoms with Crippen molar-refractivity contribution in [3.8, 4) is 0 Å². The number of nitrogens with one attached hydrogen (secondary N) is 2. The molecule has 5 heteroatoms. The van der Waals surface area contributed by atoms with Crippen LogP contribution >= 0.6 is 11.3 Å². The number of rotatable bonds is 6. The van der Waals surface area contributed by atoms with Crippen molar-refractivity contribution in [2.75, 3.05) is 6.54 Å². The fourth-order valence-corrected chi connectivity index (χ4v) is 1.92. The number of imidazole rings is 1. The van der Waals surface area contributed by atoms with Gasteiger partial charge in [0, 0.05) is 36.4 Å². The van der Waals surface area contributed by atoms with Gasteiger partial charge in [0.15, 0.2) is 0 Å². The molecule has 0 aliphatic heterocycles. The van der Waals surface area contributed by atoms with Crippen molar-refractivity contribution in [2.24, 2.45) is 0 Å². The standard InChI is InChI=1S/C10H14N4S/c1(2-10-13-4-5-14-10)3-11-6-9-7-12-8-15-9/h4-5,7-8,11H,1-3,6H2,(H,13,14). The Hall–Kier alpha value is -1.20. The summed E-state index contributed by atoms with van der Waals surface area (Å²) in [5.41, 5.74) is 1.86. The lowest BCUT2D eigenvalue weighted by atomic mass is 10.3. The summed E-state index contributed by atoms with van der Waals surface area (Å²) in [5.74, 6) is 1.06. The predicted octanol–water partition coefficient (Wildman–Crippen LogP) is 1.59. The number of hydrogen-bond donors (Lipinski definition) is 2. The summed E-state index contributed by atoms with van der Waals surface area (Å²) >= 11 is 1.69. The van der Waals surface area contributed by atoms with E-state index in [2.05, 4.69) is 20.3 Å². The van der Waals surface area contributed by atoms with Crippen LogP contribution in [0.3, 0.4) is 0 Å². The van der Waals surface area contributed by atoms with Gasteiger partial charge in [-0.1, -0.05) is 0 Å². The molecule has 0 saturated carbocycles. The molecule has 0 saturated heterocycles. The molecule has 80 valence electrons. The van der Waals surface area contributed by atoms with Gasteiger partial charge in [0.1, 0.15) is 5.82 Å². The van der Waals surface area contributed by atoms with Gasteiger partial charge in [-0.25, -0.2) is 4.98 Å². The minimum Gasteiger partial charge on any atom is -0.349 e. The molecule has 0 spiro atoms. The molecule has 0 fully saturated rings. The summed E-state index contributed by atoms with van der Waals surface area (Å²) in [4.78, 5) is 12.6. The minimum absolute atomic E-state index is 0.919. The number of aryl methyl sites for hydroxylation is 1. The van der Waals surface area contributed by atoms with Gasteiger partial charge in [-0.3, -0.25) is 4.98 Å². The average Bonchev–Trinajstić information content (AvgIpc) is 2.88.